The maximum Gasteiger partial charge on any atom is 0.134 e. The molecule has 2 heterocycles. The third-order valence-corrected chi connectivity index (χ3v) is 3.60. The van der Waals surface area contributed by atoms with Gasteiger partial charge in [0.05, 0.1) is 5.69 Å². The Bertz CT molecular complexity index is 613. The molecule has 1 fully saturated rings. The first kappa shape index (κ1) is 13.1. The number of rotatable bonds is 5. The van der Waals surface area contributed by atoms with Crippen LogP contribution in [0.4, 0.5) is 5.82 Å². The van der Waals surface area contributed by atoms with Gasteiger partial charge in [-0.1, -0.05) is 6.92 Å². The van der Waals surface area contributed by atoms with Crippen LogP contribution in [-0.2, 0) is 7.05 Å². The predicted octanol–water partition coefficient (Wildman–Crippen LogP) is 2.88. The largest absolute Gasteiger partial charge is 0.370 e. The van der Waals surface area contributed by atoms with Crippen molar-refractivity contribution in [3.05, 3.63) is 23.7 Å². The highest BCUT2D eigenvalue weighted by Crippen LogP contribution is 2.39. The van der Waals surface area contributed by atoms with Gasteiger partial charge in [0.1, 0.15) is 17.3 Å². The van der Waals surface area contributed by atoms with Crippen LogP contribution in [0.2, 0.25) is 0 Å². The van der Waals surface area contributed by atoms with E-state index in [2.05, 4.69) is 24.3 Å². The Morgan fingerprint density at radius 1 is 1.35 bits per heavy atom. The molecule has 0 bridgehead atoms. The van der Waals surface area contributed by atoms with Crippen molar-refractivity contribution >= 4 is 5.82 Å². The highest BCUT2D eigenvalue weighted by Gasteiger charge is 2.28. The monoisotopic (exact) mass is 271 g/mol. The Labute approximate surface area is 119 Å². The zero-order chi connectivity index (χ0) is 14.1. The molecule has 0 radical (unpaired) electrons. The summed E-state index contributed by atoms with van der Waals surface area (Å²) in [6, 6.07) is 2.01. The third-order valence-electron chi connectivity index (χ3n) is 3.60. The van der Waals surface area contributed by atoms with Crippen LogP contribution in [0.1, 0.15) is 43.5 Å². The van der Waals surface area contributed by atoms with Gasteiger partial charge in [0.15, 0.2) is 0 Å². The molecule has 3 rings (SSSR count). The molecule has 20 heavy (non-hydrogen) atoms. The Morgan fingerprint density at radius 2 is 2.15 bits per heavy atom. The molecule has 0 atom stereocenters. The van der Waals surface area contributed by atoms with Gasteiger partial charge in [-0.3, -0.25) is 4.68 Å². The van der Waals surface area contributed by atoms with Gasteiger partial charge in [-0.15, -0.1) is 0 Å². The highest BCUT2D eigenvalue weighted by molar-refractivity contribution is 5.65. The molecule has 1 N–H and O–H groups in total. The molecule has 1 aliphatic carbocycles. The van der Waals surface area contributed by atoms with Crippen molar-refractivity contribution in [1.29, 1.82) is 0 Å². The van der Waals surface area contributed by atoms with Gasteiger partial charge in [0.2, 0.25) is 0 Å². The van der Waals surface area contributed by atoms with E-state index in [0.29, 0.717) is 5.92 Å². The first-order valence-electron chi connectivity index (χ1n) is 7.31. The Balaban J connectivity index is 2.04. The van der Waals surface area contributed by atoms with Crippen molar-refractivity contribution in [2.24, 2.45) is 7.05 Å². The molecule has 0 aromatic carbocycles. The van der Waals surface area contributed by atoms with Crippen molar-refractivity contribution in [1.82, 2.24) is 19.7 Å². The lowest BCUT2D eigenvalue weighted by molar-refractivity contribution is 0.768. The van der Waals surface area contributed by atoms with Crippen LogP contribution in [0.3, 0.4) is 0 Å². The maximum atomic E-state index is 4.76. The first-order chi connectivity index (χ1) is 9.69. The number of hydrogen-bond donors (Lipinski definition) is 1. The lowest BCUT2D eigenvalue weighted by Crippen LogP contribution is -2.09. The SMILES string of the molecule is CCCNc1nc(C2CC2)nc(-c2ccn(C)n2)c1C. The van der Waals surface area contributed by atoms with Gasteiger partial charge in [0.25, 0.3) is 0 Å². The normalized spacial score (nSPS) is 14.6. The average Bonchev–Trinajstić information content (AvgIpc) is 3.20. The molecule has 5 heteroatoms. The fourth-order valence-corrected chi connectivity index (χ4v) is 2.26. The summed E-state index contributed by atoms with van der Waals surface area (Å²) in [5.74, 6) is 2.47. The fraction of sp³-hybridized carbons (Fsp3) is 0.533. The summed E-state index contributed by atoms with van der Waals surface area (Å²) in [5, 5.41) is 7.90. The molecule has 106 valence electrons. The second-order valence-corrected chi connectivity index (χ2v) is 5.48. The summed E-state index contributed by atoms with van der Waals surface area (Å²) >= 11 is 0. The number of hydrogen-bond acceptors (Lipinski definition) is 4. The maximum absolute atomic E-state index is 4.76. The standard InChI is InChI=1S/C15H21N5/c1-4-8-16-14-10(2)13(12-7-9-20(3)19-12)17-15(18-14)11-5-6-11/h7,9,11H,4-6,8H2,1-3H3,(H,16,17,18). The molecular weight excluding hydrogens is 250 g/mol. The second-order valence-electron chi connectivity index (χ2n) is 5.48. The van der Waals surface area contributed by atoms with Crippen molar-refractivity contribution in [2.45, 2.75) is 39.0 Å². The number of nitrogens with zero attached hydrogens (tertiary/aromatic N) is 4. The van der Waals surface area contributed by atoms with Crippen LogP contribution in [0.15, 0.2) is 12.3 Å². The van der Waals surface area contributed by atoms with E-state index in [1.54, 1.807) is 0 Å². The van der Waals surface area contributed by atoms with Crippen LogP contribution >= 0.6 is 0 Å². The van der Waals surface area contributed by atoms with E-state index >= 15 is 0 Å². The van der Waals surface area contributed by atoms with Crippen molar-refractivity contribution in [3.8, 4) is 11.4 Å². The lowest BCUT2D eigenvalue weighted by Gasteiger charge is -2.12. The molecule has 0 unspecified atom stereocenters. The summed E-state index contributed by atoms with van der Waals surface area (Å²) in [7, 11) is 1.93. The van der Waals surface area contributed by atoms with Gasteiger partial charge in [-0.25, -0.2) is 9.97 Å². The van der Waals surface area contributed by atoms with Crippen LogP contribution in [0.25, 0.3) is 11.4 Å². The highest BCUT2D eigenvalue weighted by atomic mass is 15.3. The minimum absolute atomic E-state index is 0.542. The van der Waals surface area contributed by atoms with E-state index in [0.717, 1.165) is 41.6 Å². The Hall–Kier alpha value is -1.91. The van der Waals surface area contributed by atoms with E-state index in [-0.39, 0.29) is 0 Å². The smallest absolute Gasteiger partial charge is 0.134 e. The summed E-state index contributed by atoms with van der Waals surface area (Å²) in [5.41, 5.74) is 2.97. The van der Waals surface area contributed by atoms with Gasteiger partial charge < -0.3 is 5.32 Å². The molecule has 0 spiro atoms. The second kappa shape index (κ2) is 5.23. The molecular formula is C15H21N5. The lowest BCUT2D eigenvalue weighted by atomic mass is 10.1. The van der Waals surface area contributed by atoms with Crippen LogP contribution in [0, 0.1) is 6.92 Å². The molecule has 5 nitrogen and oxygen atoms in total. The molecule has 2 aromatic heterocycles. The third kappa shape index (κ3) is 2.53. The van der Waals surface area contributed by atoms with Crippen LogP contribution in [0.5, 0.6) is 0 Å². The summed E-state index contributed by atoms with van der Waals surface area (Å²) < 4.78 is 1.81. The quantitative estimate of drug-likeness (QED) is 0.908. The minimum Gasteiger partial charge on any atom is -0.370 e. The van der Waals surface area contributed by atoms with E-state index < -0.39 is 0 Å². The fourth-order valence-electron chi connectivity index (χ4n) is 2.26. The Morgan fingerprint density at radius 3 is 2.75 bits per heavy atom. The van der Waals surface area contributed by atoms with E-state index in [9.17, 15) is 0 Å². The van der Waals surface area contributed by atoms with Crippen molar-refractivity contribution in [2.75, 3.05) is 11.9 Å². The molecule has 1 saturated carbocycles. The molecule has 0 aliphatic heterocycles. The Kier molecular flexibility index (Phi) is 3.42. The van der Waals surface area contributed by atoms with Crippen molar-refractivity contribution in [3.63, 3.8) is 0 Å². The van der Waals surface area contributed by atoms with Gasteiger partial charge >= 0.3 is 0 Å². The predicted molar refractivity (Wildman–Crippen MR) is 79.7 cm³/mol. The zero-order valence-electron chi connectivity index (χ0n) is 12.3. The number of aryl methyl sites for hydroxylation is 1. The molecule has 0 amide bonds. The number of anilines is 1. The van der Waals surface area contributed by atoms with E-state index in [4.69, 9.17) is 9.97 Å². The number of nitrogens with one attached hydrogen (secondary N) is 1. The molecule has 2 aromatic rings. The first-order valence-corrected chi connectivity index (χ1v) is 7.31. The van der Waals surface area contributed by atoms with Gasteiger partial charge in [0, 0.05) is 31.3 Å². The summed E-state index contributed by atoms with van der Waals surface area (Å²) in [4.78, 5) is 9.47. The van der Waals surface area contributed by atoms with E-state index in [1.807, 2.05) is 24.0 Å². The van der Waals surface area contributed by atoms with E-state index in [1.165, 1.54) is 12.8 Å². The zero-order valence-corrected chi connectivity index (χ0v) is 12.3. The minimum atomic E-state index is 0.542. The van der Waals surface area contributed by atoms with Crippen molar-refractivity contribution < 1.29 is 0 Å². The van der Waals surface area contributed by atoms with Gasteiger partial charge in [-0.2, -0.15) is 5.10 Å². The molecule has 0 saturated heterocycles. The molecule has 1 aliphatic rings. The summed E-state index contributed by atoms with van der Waals surface area (Å²) in [6.45, 7) is 5.16. The summed E-state index contributed by atoms with van der Waals surface area (Å²) in [6.07, 6.45) is 5.45. The van der Waals surface area contributed by atoms with Gasteiger partial charge in [-0.05, 0) is 32.3 Å². The average molecular weight is 271 g/mol. The topological polar surface area (TPSA) is 55.6 Å². The number of aromatic nitrogens is 4. The van der Waals surface area contributed by atoms with Crippen LogP contribution in [-0.4, -0.2) is 26.3 Å². The van der Waals surface area contributed by atoms with Crippen LogP contribution < -0.4 is 5.32 Å².